The first kappa shape index (κ1) is 12.1. The average Bonchev–Trinajstić information content (AvgIpc) is 2.80. The maximum atomic E-state index is 6.04. The second kappa shape index (κ2) is 4.96. The Morgan fingerprint density at radius 1 is 1.32 bits per heavy atom. The largest absolute Gasteiger partial charge is 0.396 e. The van der Waals surface area contributed by atoms with Crippen LogP contribution in [0.1, 0.15) is 24.6 Å². The molecule has 0 amide bonds. The number of nitrogens with zero attached hydrogens (tertiary/aromatic N) is 3. The molecular formula is C15H20N4. The van der Waals surface area contributed by atoms with Crippen molar-refractivity contribution >= 4 is 11.4 Å². The molecule has 1 aliphatic rings. The summed E-state index contributed by atoms with van der Waals surface area (Å²) < 4.78 is 1.99. The van der Waals surface area contributed by atoms with Gasteiger partial charge in [-0.15, -0.1) is 0 Å². The van der Waals surface area contributed by atoms with E-state index in [2.05, 4.69) is 41.2 Å². The molecule has 0 radical (unpaired) electrons. The Hall–Kier alpha value is -1.97. The minimum Gasteiger partial charge on any atom is -0.396 e. The third-order valence-corrected chi connectivity index (χ3v) is 3.83. The van der Waals surface area contributed by atoms with Crippen molar-refractivity contribution in [2.45, 2.75) is 32.9 Å². The van der Waals surface area contributed by atoms with Crippen molar-refractivity contribution in [1.29, 1.82) is 0 Å². The highest BCUT2D eigenvalue weighted by Gasteiger charge is 2.19. The SMILES string of the molecule is CCn1ncc(N)c1CN1CCCc2ccccc21. The van der Waals surface area contributed by atoms with E-state index in [0.29, 0.717) is 0 Å². The number of fused-ring (bicyclic) bond motifs is 1. The Bertz CT molecular complexity index is 573. The molecule has 4 nitrogen and oxygen atoms in total. The summed E-state index contributed by atoms with van der Waals surface area (Å²) in [5, 5.41) is 4.32. The molecule has 0 saturated heterocycles. The number of hydrogen-bond acceptors (Lipinski definition) is 3. The van der Waals surface area contributed by atoms with Crippen molar-refractivity contribution in [2.75, 3.05) is 17.2 Å². The number of benzene rings is 1. The van der Waals surface area contributed by atoms with Crippen molar-refractivity contribution in [2.24, 2.45) is 0 Å². The highest BCUT2D eigenvalue weighted by atomic mass is 15.3. The second-order valence-corrected chi connectivity index (χ2v) is 5.02. The van der Waals surface area contributed by atoms with E-state index in [0.717, 1.165) is 31.0 Å². The van der Waals surface area contributed by atoms with Crippen LogP contribution in [0.3, 0.4) is 0 Å². The smallest absolute Gasteiger partial charge is 0.0806 e. The zero-order valence-electron chi connectivity index (χ0n) is 11.3. The van der Waals surface area contributed by atoms with Gasteiger partial charge in [0.25, 0.3) is 0 Å². The lowest BCUT2D eigenvalue weighted by Crippen LogP contribution is -2.30. The van der Waals surface area contributed by atoms with Crippen LogP contribution in [-0.2, 0) is 19.5 Å². The van der Waals surface area contributed by atoms with Crippen LogP contribution in [0.25, 0.3) is 0 Å². The average molecular weight is 256 g/mol. The molecule has 4 heteroatoms. The topological polar surface area (TPSA) is 47.1 Å². The zero-order valence-corrected chi connectivity index (χ0v) is 11.3. The molecule has 1 aliphatic heterocycles. The van der Waals surface area contributed by atoms with E-state index in [1.165, 1.54) is 24.1 Å². The Labute approximate surface area is 113 Å². The van der Waals surface area contributed by atoms with Gasteiger partial charge in [0.15, 0.2) is 0 Å². The first-order chi connectivity index (χ1) is 9.29. The van der Waals surface area contributed by atoms with Gasteiger partial charge in [0.2, 0.25) is 0 Å². The number of para-hydroxylation sites is 1. The number of nitrogens with two attached hydrogens (primary N) is 1. The molecule has 3 rings (SSSR count). The first-order valence-electron chi connectivity index (χ1n) is 6.92. The van der Waals surface area contributed by atoms with E-state index in [4.69, 9.17) is 5.73 Å². The van der Waals surface area contributed by atoms with Crippen molar-refractivity contribution in [1.82, 2.24) is 9.78 Å². The van der Waals surface area contributed by atoms with Gasteiger partial charge >= 0.3 is 0 Å². The third kappa shape index (κ3) is 2.18. The summed E-state index contributed by atoms with van der Waals surface area (Å²) in [6, 6.07) is 8.66. The Morgan fingerprint density at radius 2 is 2.16 bits per heavy atom. The lowest BCUT2D eigenvalue weighted by Gasteiger charge is -2.31. The number of rotatable bonds is 3. The molecule has 0 spiro atoms. The Balaban J connectivity index is 1.90. The fourth-order valence-corrected chi connectivity index (χ4v) is 2.83. The molecule has 19 heavy (non-hydrogen) atoms. The lowest BCUT2D eigenvalue weighted by molar-refractivity contribution is 0.598. The van der Waals surface area contributed by atoms with Gasteiger partial charge in [-0.2, -0.15) is 5.10 Å². The lowest BCUT2D eigenvalue weighted by atomic mass is 10.0. The minimum absolute atomic E-state index is 0.796. The summed E-state index contributed by atoms with van der Waals surface area (Å²) in [6.07, 6.45) is 4.14. The van der Waals surface area contributed by atoms with Crippen LogP contribution < -0.4 is 10.6 Å². The molecule has 1 aromatic carbocycles. The van der Waals surface area contributed by atoms with E-state index < -0.39 is 0 Å². The molecule has 0 bridgehead atoms. The Morgan fingerprint density at radius 3 is 3.00 bits per heavy atom. The predicted molar refractivity (Wildman–Crippen MR) is 78.1 cm³/mol. The number of aromatic nitrogens is 2. The molecule has 0 atom stereocenters. The Kier molecular flexibility index (Phi) is 3.15. The molecule has 0 saturated carbocycles. The zero-order chi connectivity index (χ0) is 13.2. The summed E-state index contributed by atoms with van der Waals surface area (Å²) in [5.41, 5.74) is 10.7. The second-order valence-electron chi connectivity index (χ2n) is 5.02. The van der Waals surface area contributed by atoms with E-state index in [1.54, 1.807) is 6.20 Å². The summed E-state index contributed by atoms with van der Waals surface area (Å²) in [6.45, 7) is 4.89. The van der Waals surface area contributed by atoms with Crippen LogP contribution in [-0.4, -0.2) is 16.3 Å². The monoisotopic (exact) mass is 256 g/mol. The molecule has 100 valence electrons. The third-order valence-electron chi connectivity index (χ3n) is 3.83. The standard InChI is InChI=1S/C15H20N4/c1-2-19-15(13(16)10-17-19)11-18-9-5-7-12-6-3-4-8-14(12)18/h3-4,6,8,10H,2,5,7,9,11,16H2,1H3. The van der Waals surface area contributed by atoms with Crippen molar-refractivity contribution in [3.8, 4) is 0 Å². The number of anilines is 2. The van der Waals surface area contributed by atoms with Gasteiger partial charge in [-0.3, -0.25) is 4.68 Å². The predicted octanol–water partition coefficient (Wildman–Crippen LogP) is 2.44. The highest BCUT2D eigenvalue weighted by Crippen LogP contribution is 2.28. The van der Waals surface area contributed by atoms with Crippen molar-refractivity contribution in [3.63, 3.8) is 0 Å². The molecule has 2 heterocycles. The molecule has 2 aromatic rings. The molecule has 2 N–H and O–H groups in total. The molecular weight excluding hydrogens is 236 g/mol. The van der Waals surface area contributed by atoms with Crippen LogP contribution in [0, 0.1) is 0 Å². The van der Waals surface area contributed by atoms with E-state index >= 15 is 0 Å². The number of hydrogen-bond donors (Lipinski definition) is 1. The maximum absolute atomic E-state index is 6.04. The van der Waals surface area contributed by atoms with Gasteiger partial charge in [-0.1, -0.05) is 18.2 Å². The van der Waals surface area contributed by atoms with Crippen LogP contribution in [0.15, 0.2) is 30.5 Å². The molecule has 0 fully saturated rings. The minimum atomic E-state index is 0.796. The summed E-state index contributed by atoms with van der Waals surface area (Å²) in [7, 11) is 0. The molecule has 0 aliphatic carbocycles. The van der Waals surface area contributed by atoms with Gasteiger partial charge < -0.3 is 10.6 Å². The molecule has 1 aromatic heterocycles. The first-order valence-corrected chi connectivity index (χ1v) is 6.92. The van der Waals surface area contributed by atoms with Gasteiger partial charge in [-0.05, 0) is 31.4 Å². The van der Waals surface area contributed by atoms with E-state index in [1.807, 2.05) is 4.68 Å². The van der Waals surface area contributed by atoms with Crippen LogP contribution in [0.4, 0.5) is 11.4 Å². The summed E-state index contributed by atoms with van der Waals surface area (Å²) in [5.74, 6) is 0. The van der Waals surface area contributed by atoms with Crippen LogP contribution in [0.2, 0.25) is 0 Å². The maximum Gasteiger partial charge on any atom is 0.0806 e. The number of nitrogen functional groups attached to an aromatic ring is 1. The van der Waals surface area contributed by atoms with Gasteiger partial charge in [0, 0.05) is 18.8 Å². The van der Waals surface area contributed by atoms with Crippen molar-refractivity contribution < 1.29 is 0 Å². The van der Waals surface area contributed by atoms with E-state index in [9.17, 15) is 0 Å². The van der Waals surface area contributed by atoms with Gasteiger partial charge in [0.1, 0.15) is 0 Å². The molecule has 0 unspecified atom stereocenters. The van der Waals surface area contributed by atoms with Crippen LogP contribution >= 0.6 is 0 Å². The fourth-order valence-electron chi connectivity index (χ4n) is 2.83. The summed E-state index contributed by atoms with van der Waals surface area (Å²) in [4.78, 5) is 2.42. The quantitative estimate of drug-likeness (QED) is 0.917. The van der Waals surface area contributed by atoms with Gasteiger partial charge in [0.05, 0.1) is 24.1 Å². The summed E-state index contributed by atoms with van der Waals surface area (Å²) >= 11 is 0. The van der Waals surface area contributed by atoms with Crippen LogP contribution in [0.5, 0.6) is 0 Å². The number of aryl methyl sites for hydroxylation is 2. The van der Waals surface area contributed by atoms with Gasteiger partial charge in [-0.25, -0.2) is 0 Å². The van der Waals surface area contributed by atoms with E-state index in [-0.39, 0.29) is 0 Å². The highest BCUT2D eigenvalue weighted by molar-refractivity contribution is 5.56. The fraction of sp³-hybridized carbons (Fsp3) is 0.400. The van der Waals surface area contributed by atoms with Crippen molar-refractivity contribution in [3.05, 3.63) is 41.7 Å². The normalized spacial score (nSPS) is 14.5.